The van der Waals surface area contributed by atoms with Gasteiger partial charge in [-0.15, -0.1) is 0 Å². The molecule has 0 saturated heterocycles. The molecule has 21 heavy (non-hydrogen) atoms. The van der Waals surface area contributed by atoms with E-state index in [0.29, 0.717) is 48.6 Å². The minimum atomic E-state index is -0.840. The number of carboxylic acid groups (broad SMARTS) is 1. The fourth-order valence-corrected chi connectivity index (χ4v) is 2.54. The lowest BCUT2D eigenvalue weighted by molar-refractivity contribution is -0.140. The van der Waals surface area contributed by atoms with Gasteiger partial charge in [-0.1, -0.05) is 25.4 Å². The van der Waals surface area contributed by atoms with Crippen molar-refractivity contribution in [1.82, 2.24) is 5.32 Å². The fraction of sp³-hybridized carbons (Fsp3) is 0.533. The van der Waals surface area contributed by atoms with Gasteiger partial charge in [-0.3, -0.25) is 4.79 Å². The number of benzene rings is 1. The topological polar surface area (TPSA) is 67.8 Å². The first-order valence-electron chi connectivity index (χ1n) is 7.01. The van der Waals surface area contributed by atoms with Gasteiger partial charge in [0.2, 0.25) is 0 Å². The van der Waals surface area contributed by atoms with Crippen molar-refractivity contribution in [2.75, 3.05) is 13.2 Å². The van der Waals surface area contributed by atoms with Gasteiger partial charge in [0.15, 0.2) is 11.5 Å². The maximum atomic E-state index is 11.2. The first-order chi connectivity index (χ1) is 9.97. The highest BCUT2D eigenvalue weighted by Crippen LogP contribution is 2.38. The molecule has 0 amide bonds. The van der Waals surface area contributed by atoms with E-state index in [1.807, 2.05) is 19.9 Å². The van der Waals surface area contributed by atoms with Crippen LogP contribution >= 0.6 is 11.6 Å². The van der Waals surface area contributed by atoms with Crippen molar-refractivity contribution in [3.63, 3.8) is 0 Å². The molecule has 0 saturated carbocycles. The third-order valence-corrected chi connectivity index (χ3v) is 3.50. The number of carboxylic acids is 1. The summed E-state index contributed by atoms with van der Waals surface area (Å²) in [5, 5.41) is 12.7. The minimum absolute atomic E-state index is 0.308. The molecule has 1 aliphatic heterocycles. The van der Waals surface area contributed by atoms with Crippen molar-refractivity contribution in [2.24, 2.45) is 5.92 Å². The summed E-state index contributed by atoms with van der Waals surface area (Å²) in [7, 11) is 0. The standard InChI is InChI=1S/C15H20ClNO4/c1-9(2)5-12(15(18)19)17-8-10-6-11(16)14-13(7-10)20-3-4-21-14/h6-7,9,12,17H,3-5,8H2,1-2H3,(H,18,19)/t12-/m0/s1. The van der Waals surface area contributed by atoms with Gasteiger partial charge in [-0.05, 0) is 30.0 Å². The predicted octanol–water partition coefficient (Wildman–Crippen LogP) is 2.70. The average molecular weight is 314 g/mol. The van der Waals surface area contributed by atoms with Crippen molar-refractivity contribution in [3.8, 4) is 11.5 Å². The summed E-state index contributed by atoms with van der Waals surface area (Å²) >= 11 is 6.16. The van der Waals surface area contributed by atoms with E-state index in [1.165, 1.54) is 0 Å². The number of halogens is 1. The van der Waals surface area contributed by atoms with Crippen LogP contribution in [0.25, 0.3) is 0 Å². The van der Waals surface area contributed by atoms with Gasteiger partial charge < -0.3 is 19.9 Å². The van der Waals surface area contributed by atoms with Crippen molar-refractivity contribution in [2.45, 2.75) is 32.9 Å². The molecule has 1 aromatic carbocycles. The number of ether oxygens (including phenoxy) is 2. The molecule has 0 bridgehead atoms. The Hall–Kier alpha value is -1.46. The summed E-state index contributed by atoms with van der Waals surface area (Å²) in [6, 6.07) is 3.04. The van der Waals surface area contributed by atoms with Crippen molar-refractivity contribution in [3.05, 3.63) is 22.7 Å². The summed E-state index contributed by atoms with van der Waals surface area (Å²) in [5.41, 5.74) is 0.874. The minimum Gasteiger partial charge on any atom is -0.486 e. The number of fused-ring (bicyclic) bond motifs is 1. The van der Waals surface area contributed by atoms with Crippen LogP contribution in [-0.4, -0.2) is 30.3 Å². The number of rotatable bonds is 6. The van der Waals surface area contributed by atoms with Gasteiger partial charge >= 0.3 is 5.97 Å². The lowest BCUT2D eigenvalue weighted by Crippen LogP contribution is -2.37. The average Bonchev–Trinajstić information content (AvgIpc) is 2.43. The molecule has 5 nitrogen and oxygen atoms in total. The van der Waals surface area contributed by atoms with E-state index in [2.05, 4.69) is 5.32 Å². The molecule has 2 N–H and O–H groups in total. The molecule has 0 unspecified atom stereocenters. The molecule has 116 valence electrons. The van der Waals surface area contributed by atoms with Crippen LogP contribution in [0.2, 0.25) is 5.02 Å². The maximum absolute atomic E-state index is 11.2. The summed E-state index contributed by atoms with van der Waals surface area (Å²) in [6.45, 7) is 5.39. The lowest BCUT2D eigenvalue weighted by Gasteiger charge is -2.21. The van der Waals surface area contributed by atoms with Crippen molar-refractivity contribution >= 4 is 17.6 Å². The van der Waals surface area contributed by atoms with Crippen LogP contribution in [0.1, 0.15) is 25.8 Å². The second-order valence-corrected chi connectivity index (χ2v) is 5.91. The van der Waals surface area contributed by atoms with Gasteiger partial charge in [-0.2, -0.15) is 0 Å². The van der Waals surface area contributed by atoms with E-state index in [-0.39, 0.29) is 0 Å². The number of hydrogen-bond donors (Lipinski definition) is 2. The molecule has 0 spiro atoms. The van der Waals surface area contributed by atoms with Crippen LogP contribution in [0.5, 0.6) is 11.5 Å². The summed E-state index contributed by atoms with van der Waals surface area (Å²) in [4.78, 5) is 11.2. The Kier molecular flexibility index (Phi) is 5.31. The number of hydrogen-bond acceptors (Lipinski definition) is 4. The van der Waals surface area contributed by atoms with Crippen LogP contribution in [0, 0.1) is 5.92 Å². The highest BCUT2D eigenvalue weighted by atomic mass is 35.5. The number of nitrogens with one attached hydrogen (secondary N) is 1. The first-order valence-corrected chi connectivity index (χ1v) is 7.39. The molecular formula is C15H20ClNO4. The molecular weight excluding hydrogens is 294 g/mol. The molecule has 1 aromatic rings. The van der Waals surface area contributed by atoms with Gasteiger partial charge in [-0.25, -0.2) is 0 Å². The van der Waals surface area contributed by atoms with E-state index < -0.39 is 12.0 Å². The molecule has 6 heteroatoms. The molecule has 1 aliphatic rings. The van der Waals surface area contributed by atoms with E-state index in [9.17, 15) is 9.90 Å². The summed E-state index contributed by atoms with van der Waals surface area (Å²) in [6.07, 6.45) is 0.577. The second-order valence-electron chi connectivity index (χ2n) is 5.50. The van der Waals surface area contributed by atoms with Crippen LogP contribution in [0.15, 0.2) is 12.1 Å². The third kappa shape index (κ3) is 4.25. The Morgan fingerprint density at radius 1 is 1.38 bits per heavy atom. The molecule has 2 rings (SSSR count). The van der Waals surface area contributed by atoms with Gasteiger partial charge in [0.1, 0.15) is 19.3 Å². The predicted molar refractivity (Wildman–Crippen MR) is 80.2 cm³/mol. The summed E-state index contributed by atoms with van der Waals surface area (Å²) in [5.74, 6) is 0.639. The Morgan fingerprint density at radius 3 is 2.76 bits per heavy atom. The lowest BCUT2D eigenvalue weighted by atomic mass is 10.0. The Bertz CT molecular complexity index is 519. The normalized spacial score (nSPS) is 15.0. The SMILES string of the molecule is CC(C)C[C@H](NCc1cc(Cl)c2c(c1)OCCO2)C(=O)O. The highest BCUT2D eigenvalue weighted by molar-refractivity contribution is 6.32. The molecule has 0 fully saturated rings. The van der Waals surface area contributed by atoms with E-state index in [4.69, 9.17) is 21.1 Å². The summed E-state index contributed by atoms with van der Waals surface area (Å²) < 4.78 is 11.0. The highest BCUT2D eigenvalue weighted by Gasteiger charge is 2.20. The third-order valence-electron chi connectivity index (χ3n) is 3.21. The maximum Gasteiger partial charge on any atom is 0.320 e. The van der Waals surface area contributed by atoms with E-state index >= 15 is 0 Å². The van der Waals surface area contributed by atoms with Crippen LogP contribution in [0.4, 0.5) is 0 Å². The number of carbonyl (C=O) groups is 1. The van der Waals surface area contributed by atoms with Crippen LogP contribution < -0.4 is 14.8 Å². The fourth-order valence-electron chi connectivity index (χ4n) is 2.25. The zero-order chi connectivity index (χ0) is 15.4. The quantitative estimate of drug-likeness (QED) is 0.845. The van der Waals surface area contributed by atoms with Gasteiger partial charge in [0.25, 0.3) is 0 Å². The van der Waals surface area contributed by atoms with Crippen LogP contribution in [-0.2, 0) is 11.3 Å². The largest absolute Gasteiger partial charge is 0.486 e. The Morgan fingerprint density at radius 2 is 2.10 bits per heavy atom. The molecule has 0 radical (unpaired) electrons. The Balaban J connectivity index is 2.05. The monoisotopic (exact) mass is 313 g/mol. The molecule has 0 aliphatic carbocycles. The van der Waals surface area contributed by atoms with Crippen molar-refractivity contribution < 1.29 is 19.4 Å². The van der Waals surface area contributed by atoms with Gasteiger partial charge in [0.05, 0.1) is 5.02 Å². The van der Waals surface area contributed by atoms with Gasteiger partial charge in [0, 0.05) is 6.54 Å². The number of aliphatic carboxylic acids is 1. The zero-order valence-corrected chi connectivity index (χ0v) is 12.9. The molecule has 0 aromatic heterocycles. The second kappa shape index (κ2) is 7.00. The zero-order valence-electron chi connectivity index (χ0n) is 12.2. The molecule has 1 atom stereocenters. The van der Waals surface area contributed by atoms with Crippen molar-refractivity contribution in [1.29, 1.82) is 0 Å². The smallest absolute Gasteiger partial charge is 0.320 e. The van der Waals surface area contributed by atoms with Crippen LogP contribution in [0.3, 0.4) is 0 Å². The van der Waals surface area contributed by atoms with E-state index in [1.54, 1.807) is 6.07 Å². The first kappa shape index (κ1) is 15.9. The Labute approximate surface area is 129 Å². The van der Waals surface area contributed by atoms with E-state index in [0.717, 1.165) is 5.56 Å². The molecule has 1 heterocycles.